The van der Waals surface area contributed by atoms with E-state index in [9.17, 15) is 18.0 Å². The lowest BCUT2D eigenvalue weighted by molar-refractivity contribution is -0.137. The van der Waals surface area contributed by atoms with Gasteiger partial charge < -0.3 is 10.2 Å². The first-order valence-corrected chi connectivity index (χ1v) is 8.89. The molecule has 27 heavy (non-hydrogen) atoms. The van der Waals surface area contributed by atoms with Crippen molar-refractivity contribution < 1.29 is 18.0 Å². The molecule has 1 atom stereocenters. The lowest BCUT2D eigenvalue weighted by atomic mass is 10.0. The number of alkyl halides is 3. The van der Waals surface area contributed by atoms with Gasteiger partial charge in [-0.1, -0.05) is 6.07 Å². The molecule has 3 heterocycles. The van der Waals surface area contributed by atoms with Crippen LogP contribution in [-0.2, 0) is 17.4 Å². The van der Waals surface area contributed by atoms with Crippen molar-refractivity contribution in [3.8, 4) is 0 Å². The quantitative estimate of drug-likeness (QED) is 0.868. The molecule has 1 amide bonds. The average Bonchev–Trinajstić information content (AvgIpc) is 2.67. The van der Waals surface area contributed by atoms with E-state index in [-0.39, 0.29) is 11.9 Å². The minimum Gasteiger partial charge on any atom is -0.355 e. The molecule has 2 aromatic heterocycles. The van der Waals surface area contributed by atoms with E-state index in [1.165, 1.54) is 6.07 Å². The van der Waals surface area contributed by atoms with Gasteiger partial charge in [0.05, 0.1) is 5.56 Å². The van der Waals surface area contributed by atoms with E-state index < -0.39 is 11.7 Å². The first-order chi connectivity index (χ1) is 12.9. The Labute approximate surface area is 155 Å². The SMILES string of the molecule is O=C(CCc1ccccn1)N[C@H]1CCCN(c2ccc(C(F)(F)F)cn2)C1. The molecule has 5 nitrogen and oxygen atoms in total. The van der Waals surface area contributed by atoms with Crippen molar-refractivity contribution in [1.29, 1.82) is 0 Å². The van der Waals surface area contributed by atoms with E-state index in [4.69, 9.17) is 0 Å². The van der Waals surface area contributed by atoms with Crippen molar-refractivity contribution in [3.63, 3.8) is 0 Å². The van der Waals surface area contributed by atoms with Crippen molar-refractivity contribution in [2.24, 2.45) is 0 Å². The van der Waals surface area contributed by atoms with Gasteiger partial charge in [-0.3, -0.25) is 9.78 Å². The van der Waals surface area contributed by atoms with Crippen molar-refractivity contribution in [3.05, 3.63) is 54.0 Å². The molecule has 1 saturated heterocycles. The van der Waals surface area contributed by atoms with E-state index in [1.807, 2.05) is 23.1 Å². The summed E-state index contributed by atoms with van der Waals surface area (Å²) in [6, 6.07) is 7.97. The number of halogens is 3. The maximum atomic E-state index is 12.7. The smallest absolute Gasteiger partial charge is 0.355 e. The zero-order valence-corrected chi connectivity index (χ0v) is 14.7. The molecule has 0 radical (unpaired) electrons. The van der Waals surface area contributed by atoms with Crippen LogP contribution in [0.1, 0.15) is 30.5 Å². The molecule has 0 saturated carbocycles. The van der Waals surface area contributed by atoms with Gasteiger partial charge in [-0.15, -0.1) is 0 Å². The number of anilines is 1. The van der Waals surface area contributed by atoms with Crippen LogP contribution in [0.15, 0.2) is 42.7 Å². The van der Waals surface area contributed by atoms with Gasteiger partial charge in [0.1, 0.15) is 5.82 Å². The number of nitrogens with zero attached hydrogens (tertiary/aromatic N) is 3. The third-order valence-electron chi connectivity index (χ3n) is 4.52. The average molecular weight is 378 g/mol. The molecule has 0 bridgehead atoms. The Morgan fingerprint density at radius 1 is 1.22 bits per heavy atom. The van der Waals surface area contributed by atoms with Crippen LogP contribution >= 0.6 is 0 Å². The zero-order chi connectivity index (χ0) is 19.3. The molecule has 0 aromatic carbocycles. The van der Waals surface area contributed by atoms with Crippen molar-refractivity contribution in [2.45, 2.75) is 37.9 Å². The highest BCUT2D eigenvalue weighted by Gasteiger charge is 2.31. The number of carbonyl (C=O) groups is 1. The van der Waals surface area contributed by atoms with Gasteiger partial charge in [0, 0.05) is 43.6 Å². The topological polar surface area (TPSA) is 58.1 Å². The standard InChI is InChI=1S/C19H21F3N4O/c20-19(21,22)14-6-8-17(24-12-14)26-11-3-5-16(13-26)25-18(27)9-7-15-4-1-2-10-23-15/h1-2,4,6,8,10,12,16H,3,5,7,9,11,13H2,(H,25,27)/t16-/m0/s1. The highest BCUT2D eigenvalue weighted by atomic mass is 19.4. The molecule has 8 heteroatoms. The van der Waals surface area contributed by atoms with E-state index in [2.05, 4.69) is 15.3 Å². The van der Waals surface area contributed by atoms with Crippen LogP contribution in [-0.4, -0.2) is 35.0 Å². The van der Waals surface area contributed by atoms with Crippen LogP contribution < -0.4 is 10.2 Å². The van der Waals surface area contributed by atoms with Crippen LogP contribution in [0.4, 0.5) is 19.0 Å². The summed E-state index contributed by atoms with van der Waals surface area (Å²) in [6.07, 6.45) is 0.765. The van der Waals surface area contributed by atoms with Gasteiger partial charge in [0.2, 0.25) is 5.91 Å². The largest absolute Gasteiger partial charge is 0.417 e. The van der Waals surface area contributed by atoms with E-state index in [1.54, 1.807) is 6.20 Å². The third-order valence-corrected chi connectivity index (χ3v) is 4.52. The lowest BCUT2D eigenvalue weighted by Gasteiger charge is -2.34. The number of carbonyl (C=O) groups excluding carboxylic acids is 1. The van der Waals surface area contributed by atoms with Gasteiger partial charge in [-0.05, 0) is 43.5 Å². The monoisotopic (exact) mass is 378 g/mol. The van der Waals surface area contributed by atoms with Gasteiger partial charge in [0.15, 0.2) is 0 Å². The molecule has 1 aliphatic rings. The number of rotatable bonds is 5. The molecule has 1 N–H and O–H groups in total. The van der Waals surface area contributed by atoms with Crippen molar-refractivity contribution >= 4 is 11.7 Å². The summed E-state index contributed by atoms with van der Waals surface area (Å²) in [7, 11) is 0. The van der Waals surface area contributed by atoms with Crippen LogP contribution in [0.25, 0.3) is 0 Å². The minimum absolute atomic E-state index is 0.0425. The number of aryl methyl sites for hydroxylation is 1. The lowest BCUT2D eigenvalue weighted by Crippen LogP contribution is -2.48. The van der Waals surface area contributed by atoms with Crippen LogP contribution in [0.3, 0.4) is 0 Å². The third kappa shape index (κ3) is 5.42. The van der Waals surface area contributed by atoms with Gasteiger partial charge in [-0.2, -0.15) is 13.2 Å². The number of amides is 1. The summed E-state index contributed by atoms with van der Waals surface area (Å²) in [5, 5.41) is 3.01. The van der Waals surface area contributed by atoms with Crippen LogP contribution in [0, 0.1) is 0 Å². The fourth-order valence-corrected chi connectivity index (χ4v) is 3.13. The summed E-state index contributed by atoms with van der Waals surface area (Å²) >= 11 is 0. The summed E-state index contributed by atoms with van der Waals surface area (Å²) in [6.45, 7) is 1.24. The Morgan fingerprint density at radius 3 is 2.74 bits per heavy atom. The number of piperidine rings is 1. The van der Waals surface area contributed by atoms with Gasteiger partial charge >= 0.3 is 6.18 Å². The second-order valence-electron chi connectivity index (χ2n) is 6.58. The number of hydrogen-bond donors (Lipinski definition) is 1. The number of nitrogens with one attached hydrogen (secondary N) is 1. The predicted molar refractivity (Wildman–Crippen MR) is 95.2 cm³/mol. The Morgan fingerprint density at radius 2 is 2.07 bits per heavy atom. The first-order valence-electron chi connectivity index (χ1n) is 8.89. The second-order valence-corrected chi connectivity index (χ2v) is 6.58. The molecule has 0 aliphatic carbocycles. The molecule has 1 fully saturated rings. The normalized spacial score (nSPS) is 17.6. The van der Waals surface area contributed by atoms with E-state index in [0.29, 0.717) is 31.7 Å². The summed E-state index contributed by atoms with van der Waals surface area (Å²) < 4.78 is 38.0. The second kappa shape index (κ2) is 8.37. The summed E-state index contributed by atoms with van der Waals surface area (Å²) in [4.78, 5) is 22.2. The number of pyridine rings is 2. The fourth-order valence-electron chi connectivity index (χ4n) is 3.13. The minimum atomic E-state index is -4.39. The molecule has 0 spiro atoms. The Bertz CT molecular complexity index is 750. The predicted octanol–water partition coefficient (Wildman–Crippen LogP) is 3.21. The summed E-state index contributed by atoms with van der Waals surface area (Å²) in [5.74, 6) is 0.448. The molecule has 3 rings (SSSR count). The Kier molecular flexibility index (Phi) is 5.93. The van der Waals surface area contributed by atoms with Gasteiger partial charge in [0.25, 0.3) is 0 Å². The first kappa shape index (κ1) is 19.1. The highest BCUT2D eigenvalue weighted by molar-refractivity contribution is 5.76. The Hall–Kier alpha value is -2.64. The van der Waals surface area contributed by atoms with Crippen molar-refractivity contribution in [2.75, 3.05) is 18.0 Å². The Balaban J connectivity index is 1.52. The summed E-state index contributed by atoms with van der Waals surface area (Å²) in [5.41, 5.74) is 0.106. The van der Waals surface area contributed by atoms with E-state index in [0.717, 1.165) is 30.8 Å². The molecule has 2 aromatic rings. The zero-order valence-electron chi connectivity index (χ0n) is 14.7. The molecular formula is C19H21F3N4O. The fraction of sp³-hybridized carbons (Fsp3) is 0.421. The van der Waals surface area contributed by atoms with E-state index >= 15 is 0 Å². The number of hydrogen-bond acceptors (Lipinski definition) is 4. The molecular weight excluding hydrogens is 357 g/mol. The maximum absolute atomic E-state index is 12.7. The van der Waals surface area contributed by atoms with Crippen LogP contribution in [0.5, 0.6) is 0 Å². The molecule has 1 aliphatic heterocycles. The molecule has 144 valence electrons. The van der Waals surface area contributed by atoms with Crippen molar-refractivity contribution in [1.82, 2.24) is 15.3 Å². The van der Waals surface area contributed by atoms with Crippen LogP contribution in [0.2, 0.25) is 0 Å². The maximum Gasteiger partial charge on any atom is 0.417 e. The number of aromatic nitrogens is 2. The van der Waals surface area contributed by atoms with Gasteiger partial charge in [-0.25, -0.2) is 4.98 Å². The molecule has 0 unspecified atom stereocenters. The highest BCUT2D eigenvalue weighted by Crippen LogP contribution is 2.29.